The van der Waals surface area contributed by atoms with Crippen molar-refractivity contribution in [2.75, 3.05) is 16.8 Å². The molecule has 0 aromatic carbocycles. The molecule has 4 heteroatoms. The average Bonchev–Trinajstić information content (AvgIpc) is 2.61. The van der Waals surface area contributed by atoms with Crippen LogP contribution in [0.25, 0.3) is 0 Å². The van der Waals surface area contributed by atoms with Gasteiger partial charge in [0.15, 0.2) is 0 Å². The highest BCUT2D eigenvalue weighted by Crippen LogP contribution is 2.25. The topological polar surface area (TPSA) is 24.9 Å². The number of nitrogens with zero attached hydrogens (tertiary/aromatic N) is 1. The summed E-state index contributed by atoms with van der Waals surface area (Å²) in [6, 6.07) is 2.64. The third-order valence-corrected chi connectivity index (χ3v) is 3.86. The smallest absolute Gasteiger partial charge is 0.0590 e. The minimum Gasteiger partial charge on any atom is -0.380 e. The first-order valence-electron chi connectivity index (χ1n) is 4.30. The Morgan fingerprint density at radius 2 is 2.54 bits per heavy atom. The molecular weight excluding hydrogens is 248 g/mol. The number of hydrogen-bond donors (Lipinski definition) is 1. The van der Waals surface area contributed by atoms with Gasteiger partial charge in [-0.3, -0.25) is 4.98 Å². The zero-order valence-electron chi connectivity index (χ0n) is 7.16. The summed E-state index contributed by atoms with van der Waals surface area (Å²) >= 11 is 5.49. The van der Waals surface area contributed by atoms with Crippen LogP contribution in [0.2, 0.25) is 0 Å². The summed E-state index contributed by atoms with van der Waals surface area (Å²) in [6.07, 6.45) is 4.90. The molecule has 1 atom stereocenters. The summed E-state index contributed by atoms with van der Waals surface area (Å²) in [6.45, 7) is 0. The molecule has 70 valence electrons. The number of thioether (sulfide) groups is 1. The van der Waals surface area contributed by atoms with Crippen LogP contribution in [0.5, 0.6) is 0 Å². The van der Waals surface area contributed by atoms with Crippen LogP contribution in [-0.2, 0) is 0 Å². The fourth-order valence-corrected chi connectivity index (χ4v) is 2.88. The number of nitrogens with one attached hydrogen (secondary N) is 1. The number of aromatic nitrogens is 1. The van der Waals surface area contributed by atoms with Crippen molar-refractivity contribution in [1.29, 1.82) is 0 Å². The first kappa shape index (κ1) is 9.34. The van der Waals surface area contributed by atoms with Crippen LogP contribution in [0.4, 0.5) is 5.69 Å². The number of anilines is 1. The molecule has 1 aromatic rings. The minimum atomic E-state index is 0.628. The summed E-state index contributed by atoms with van der Waals surface area (Å²) in [4.78, 5) is 4.03. The van der Waals surface area contributed by atoms with Crippen LogP contribution >= 0.6 is 27.7 Å². The highest BCUT2D eigenvalue weighted by Gasteiger charge is 2.15. The van der Waals surface area contributed by atoms with Crippen LogP contribution in [-0.4, -0.2) is 22.5 Å². The number of pyridine rings is 1. The van der Waals surface area contributed by atoms with E-state index in [0.29, 0.717) is 6.04 Å². The van der Waals surface area contributed by atoms with Gasteiger partial charge < -0.3 is 5.32 Å². The van der Waals surface area contributed by atoms with E-state index >= 15 is 0 Å². The Morgan fingerprint density at radius 3 is 3.23 bits per heavy atom. The van der Waals surface area contributed by atoms with Crippen molar-refractivity contribution in [2.24, 2.45) is 0 Å². The third kappa shape index (κ3) is 2.38. The van der Waals surface area contributed by atoms with Crippen LogP contribution < -0.4 is 5.32 Å². The molecule has 1 aromatic heterocycles. The van der Waals surface area contributed by atoms with Crippen molar-refractivity contribution in [1.82, 2.24) is 4.98 Å². The standard InChI is InChI=1S/C9H11BrN2S/c10-8-5-11-3-1-9(8)12-7-2-4-13-6-7/h1,3,5,7H,2,4,6H2,(H,11,12). The van der Waals surface area contributed by atoms with Gasteiger partial charge >= 0.3 is 0 Å². The lowest BCUT2D eigenvalue weighted by Gasteiger charge is -2.13. The summed E-state index contributed by atoms with van der Waals surface area (Å²) in [5, 5.41) is 3.50. The van der Waals surface area contributed by atoms with Crippen molar-refractivity contribution in [3.63, 3.8) is 0 Å². The van der Waals surface area contributed by atoms with Crippen molar-refractivity contribution >= 4 is 33.4 Å². The lowest BCUT2D eigenvalue weighted by atomic mass is 10.2. The summed E-state index contributed by atoms with van der Waals surface area (Å²) in [7, 11) is 0. The van der Waals surface area contributed by atoms with Gasteiger partial charge in [0.1, 0.15) is 0 Å². The second-order valence-corrected chi connectivity index (χ2v) is 5.06. The van der Waals surface area contributed by atoms with Crippen molar-refractivity contribution < 1.29 is 0 Å². The molecule has 13 heavy (non-hydrogen) atoms. The van der Waals surface area contributed by atoms with Crippen LogP contribution in [0.3, 0.4) is 0 Å². The first-order chi connectivity index (χ1) is 6.36. The molecule has 1 N–H and O–H groups in total. The zero-order chi connectivity index (χ0) is 9.10. The summed E-state index contributed by atoms with van der Waals surface area (Å²) in [5.41, 5.74) is 1.16. The number of hydrogen-bond acceptors (Lipinski definition) is 3. The van der Waals surface area contributed by atoms with E-state index in [2.05, 4.69) is 26.2 Å². The molecule has 2 rings (SSSR count). The van der Waals surface area contributed by atoms with Gasteiger partial charge in [-0.2, -0.15) is 11.8 Å². The lowest BCUT2D eigenvalue weighted by Crippen LogP contribution is -2.18. The Hall–Kier alpha value is -0.220. The quantitative estimate of drug-likeness (QED) is 0.884. The maximum absolute atomic E-state index is 4.03. The molecule has 1 fully saturated rings. The lowest BCUT2D eigenvalue weighted by molar-refractivity contribution is 0.812. The molecule has 2 heterocycles. The summed E-state index contributed by atoms with van der Waals surface area (Å²) < 4.78 is 1.05. The van der Waals surface area contributed by atoms with Crippen LogP contribution in [0.1, 0.15) is 6.42 Å². The molecule has 0 saturated carbocycles. The first-order valence-corrected chi connectivity index (χ1v) is 6.25. The zero-order valence-corrected chi connectivity index (χ0v) is 9.57. The van der Waals surface area contributed by atoms with Gasteiger partial charge in [0.25, 0.3) is 0 Å². The highest BCUT2D eigenvalue weighted by atomic mass is 79.9. The van der Waals surface area contributed by atoms with E-state index in [1.165, 1.54) is 17.9 Å². The number of halogens is 1. The third-order valence-electron chi connectivity index (χ3n) is 2.06. The maximum Gasteiger partial charge on any atom is 0.0590 e. The van der Waals surface area contributed by atoms with Crippen molar-refractivity contribution in [3.8, 4) is 0 Å². The van der Waals surface area contributed by atoms with Crippen LogP contribution in [0, 0.1) is 0 Å². The van der Waals surface area contributed by atoms with Gasteiger partial charge in [-0.25, -0.2) is 0 Å². The van der Waals surface area contributed by atoms with E-state index in [1.54, 1.807) is 0 Å². The SMILES string of the molecule is Brc1cnccc1NC1CCSC1. The van der Waals surface area contributed by atoms with Gasteiger partial charge in [0.2, 0.25) is 0 Å². The van der Waals surface area contributed by atoms with Gasteiger partial charge in [-0.05, 0) is 34.2 Å². The van der Waals surface area contributed by atoms with Gasteiger partial charge in [-0.1, -0.05) is 0 Å². The fraction of sp³-hybridized carbons (Fsp3) is 0.444. The molecule has 0 bridgehead atoms. The second kappa shape index (κ2) is 4.33. The molecule has 1 aliphatic heterocycles. The molecular formula is C9H11BrN2S. The average molecular weight is 259 g/mol. The molecule has 0 amide bonds. The summed E-state index contributed by atoms with van der Waals surface area (Å²) in [5.74, 6) is 2.50. The van der Waals surface area contributed by atoms with Crippen molar-refractivity contribution in [2.45, 2.75) is 12.5 Å². The van der Waals surface area contributed by atoms with E-state index in [1.807, 2.05) is 30.2 Å². The minimum absolute atomic E-state index is 0.628. The van der Waals surface area contributed by atoms with E-state index < -0.39 is 0 Å². The van der Waals surface area contributed by atoms with E-state index in [9.17, 15) is 0 Å². The molecule has 1 saturated heterocycles. The Morgan fingerprint density at radius 1 is 1.62 bits per heavy atom. The van der Waals surface area contributed by atoms with Gasteiger partial charge in [0, 0.05) is 24.2 Å². The highest BCUT2D eigenvalue weighted by molar-refractivity contribution is 9.10. The van der Waals surface area contributed by atoms with E-state index in [0.717, 1.165) is 10.2 Å². The molecule has 2 nitrogen and oxygen atoms in total. The van der Waals surface area contributed by atoms with Crippen molar-refractivity contribution in [3.05, 3.63) is 22.9 Å². The Bertz CT molecular complexity index is 287. The van der Waals surface area contributed by atoms with E-state index in [4.69, 9.17) is 0 Å². The van der Waals surface area contributed by atoms with Crippen LogP contribution in [0.15, 0.2) is 22.9 Å². The van der Waals surface area contributed by atoms with E-state index in [-0.39, 0.29) is 0 Å². The normalized spacial score (nSPS) is 21.8. The maximum atomic E-state index is 4.03. The van der Waals surface area contributed by atoms with Gasteiger partial charge in [0.05, 0.1) is 10.2 Å². The molecule has 0 spiro atoms. The molecule has 1 aliphatic rings. The number of rotatable bonds is 2. The Kier molecular flexibility index (Phi) is 3.11. The molecule has 1 unspecified atom stereocenters. The van der Waals surface area contributed by atoms with Gasteiger partial charge in [-0.15, -0.1) is 0 Å². The Balaban J connectivity index is 2.04. The molecule has 0 aliphatic carbocycles. The fourth-order valence-electron chi connectivity index (χ4n) is 1.36. The predicted octanol–water partition coefficient (Wildman–Crippen LogP) is 2.76. The monoisotopic (exact) mass is 258 g/mol. The largest absolute Gasteiger partial charge is 0.380 e. The second-order valence-electron chi connectivity index (χ2n) is 3.06. The Labute approximate surface area is 90.6 Å². The molecule has 0 radical (unpaired) electrons. The predicted molar refractivity (Wildman–Crippen MR) is 61.3 cm³/mol.